The van der Waals surface area contributed by atoms with Crippen LogP contribution < -0.4 is 5.56 Å². The van der Waals surface area contributed by atoms with Gasteiger partial charge in [0.1, 0.15) is 11.5 Å². The van der Waals surface area contributed by atoms with Gasteiger partial charge in [-0.05, 0) is 17.7 Å². The zero-order chi connectivity index (χ0) is 22.8. The van der Waals surface area contributed by atoms with E-state index in [0.717, 1.165) is 6.07 Å². The second-order valence-corrected chi connectivity index (χ2v) is 6.69. The molecule has 0 amide bonds. The molecule has 1 heterocycles. The van der Waals surface area contributed by atoms with Crippen LogP contribution >= 0.6 is 0 Å². The van der Waals surface area contributed by atoms with Gasteiger partial charge in [0.2, 0.25) is 0 Å². The van der Waals surface area contributed by atoms with Gasteiger partial charge in [-0.2, -0.15) is 26.3 Å². The first-order chi connectivity index (χ1) is 14.4. The van der Waals surface area contributed by atoms with E-state index < -0.39 is 52.9 Å². The highest BCUT2D eigenvalue weighted by atomic mass is 19.4. The number of hydrogen-bond donors (Lipinski definition) is 1. The smallest absolute Gasteiger partial charge is 0.306 e. The Hall–Kier alpha value is -3.43. The molecule has 1 unspecified atom stereocenters. The van der Waals surface area contributed by atoms with Crippen LogP contribution in [-0.2, 0) is 6.18 Å². The minimum Gasteiger partial charge on any atom is -0.306 e. The molecule has 0 radical (unpaired) electrons. The van der Waals surface area contributed by atoms with Gasteiger partial charge >= 0.3 is 12.4 Å². The Kier molecular flexibility index (Phi) is 6.01. The highest BCUT2D eigenvalue weighted by Crippen LogP contribution is 2.39. The van der Waals surface area contributed by atoms with Crippen molar-refractivity contribution in [2.24, 2.45) is 0 Å². The number of benzene rings is 2. The Morgan fingerprint density at radius 3 is 2.10 bits per heavy atom. The number of halogens is 6. The highest BCUT2D eigenvalue weighted by molar-refractivity contribution is 5.95. The molecule has 4 nitrogen and oxygen atoms in total. The fraction of sp³-hybridized carbons (Fsp3) is 0.190. The summed E-state index contributed by atoms with van der Waals surface area (Å²) < 4.78 is 78.8. The van der Waals surface area contributed by atoms with Crippen molar-refractivity contribution in [1.82, 2.24) is 9.97 Å². The minimum absolute atomic E-state index is 0.00883. The molecule has 1 aromatic heterocycles. The van der Waals surface area contributed by atoms with Gasteiger partial charge in [-0.1, -0.05) is 42.5 Å². The van der Waals surface area contributed by atoms with Gasteiger partial charge in [0.15, 0.2) is 5.78 Å². The lowest BCUT2D eigenvalue weighted by Gasteiger charge is -2.20. The third-order valence-electron chi connectivity index (χ3n) is 4.50. The molecule has 2 aromatic carbocycles. The molecule has 1 N–H and O–H groups in total. The summed E-state index contributed by atoms with van der Waals surface area (Å²) in [6.45, 7) is 0. The molecule has 0 aliphatic heterocycles. The molecule has 0 bridgehead atoms. The maximum Gasteiger partial charge on any atom is 0.416 e. The average Bonchev–Trinajstić information content (AvgIpc) is 2.70. The Balaban J connectivity index is 1.92. The van der Waals surface area contributed by atoms with Gasteiger partial charge in [-0.15, -0.1) is 0 Å². The van der Waals surface area contributed by atoms with Crippen molar-refractivity contribution in [3.8, 4) is 11.4 Å². The zero-order valence-corrected chi connectivity index (χ0v) is 15.6. The van der Waals surface area contributed by atoms with Crippen molar-refractivity contribution in [2.75, 3.05) is 0 Å². The Labute approximate surface area is 171 Å². The van der Waals surface area contributed by atoms with Crippen LogP contribution in [0.3, 0.4) is 0 Å². The molecule has 162 valence electrons. The maximum atomic E-state index is 13.6. The minimum atomic E-state index is -4.90. The topological polar surface area (TPSA) is 62.8 Å². The number of rotatable bonds is 5. The van der Waals surface area contributed by atoms with Crippen LogP contribution in [0.4, 0.5) is 26.3 Å². The molecule has 0 aliphatic rings. The summed E-state index contributed by atoms with van der Waals surface area (Å²) in [5.74, 6) is -3.41. The summed E-state index contributed by atoms with van der Waals surface area (Å²) in [5, 5.41) is 0. The number of H-pyrrole nitrogens is 1. The first-order valence-electron chi connectivity index (χ1n) is 8.89. The molecule has 0 saturated heterocycles. The standard InChI is InChI=1S/C21H14F6N2O2/c22-20(23,24)14-8-6-12(7-9-14)15(21(25,26)27)10-17(30)16-11-18(31)29-19(28-16)13-4-2-1-3-5-13/h1-9,11,15H,10H2,(H,28,29,31). The summed E-state index contributed by atoms with van der Waals surface area (Å²) >= 11 is 0. The van der Waals surface area contributed by atoms with E-state index in [9.17, 15) is 35.9 Å². The third-order valence-corrected chi connectivity index (χ3v) is 4.50. The van der Waals surface area contributed by atoms with Gasteiger partial charge in [-0.25, -0.2) is 4.98 Å². The van der Waals surface area contributed by atoms with Crippen molar-refractivity contribution in [3.05, 3.63) is 87.8 Å². The summed E-state index contributed by atoms with van der Waals surface area (Å²) in [6.07, 6.45) is -10.7. The van der Waals surface area contributed by atoms with Crippen LogP contribution in [0.1, 0.15) is 34.0 Å². The molecule has 1 atom stereocenters. The monoisotopic (exact) mass is 440 g/mol. The van der Waals surface area contributed by atoms with E-state index in [0.29, 0.717) is 29.8 Å². The van der Waals surface area contributed by atoms with E-state index in [1.54, 1.807) is 30.3 Å². The van der Waals surface area contributed by atoms with Gasteiger partial charge in [0.25, 0.3) is 5.56 Å². The number of nitrogens with zero attached hydrogens (tertiary/aromatic N) is 1. The summed E-state index contributed by atoms with van der Waals surface area (Å²) in [5.41, 5.74) is -2.35. The van der Waals surface area contributed by atoms with Crippen LogP contribution in [0.2, 0.25) is 0 Å². The lowest BCUT2D eigenvalue weighted by atomic mass is 9.91. The fourth-order valence-corrected chi connectivity index (χ4v) is 2.95. The van der Waals surface area contributed by atoms with Crippen molar-refractivity contribution in [1.29, 1.82) is 0 Å². The molecule has 0 saturated carbocycles. The maximum absolute atomic E-state index is 13.6. The molecular weight excluding hydrogens is 426 g/mol. The lowest BCUT2D eigenvalue weighted by molar-refractivity contribution is -0.149. The van der Waals surface area contributed by atoms with Gasteiger partial charge in [0, 0.05) is 18.1 Å². The first kappa shape index (κ1) is 22.3. The second kappa shape index (κ2) is 8.37. The van der Waals surface area contributed by atoms with Crippen LogP contribution in [0.5, 0.6) is 0 Å². The van der Waals surface area contributed by atoms with Crippen molar-refractivity contribution < 1.29 is 31.1 Å². The zero-order valence-electron chi connectivity index (χ0n) is 15.6. The van der Waals surface area contributed by atoms with Crippen LogP contribution in [-0.4, -0.2) is 21.9 Å². The number of ketones is 1. The number of hydrogen-bond acceptors (Lipinski definition) is 3. The quantitative estimate of drug-likeness (QED) is 0.428. The predicted molar refractivity (Wildman–Crippen MR) is 99.5 cm³/mol. The van der Waals surface area contributed by atoms with Gasteiger partial charge in [0.05, 0.1) is 11.5 Å². The van der Waals surface area contributed by atoms with E-state index in [2.05, 4.69) is 9.97 Å². The van der Waals surface area contributed by atoms with Crippen molar-refractivity contribution in [2.45, 2.75) is 24.7 Å². The molecule has 0 spiro atoms. The number of aromatic amines is 1. The second-order valence-electron chi connectivity index (χ2n) is 6.69. The molecule has 0 fully saturated rings. The van der Waals surface area contributed by atoms with Crippen molar-refractivity contribution in [3.63, 3.8) is 0 Å². The Morgan fingerprint density at radius 1 is 0.935 bits per heavy atom. The van der Waals surface area contributed by atoms with Gasteiger partial charge in [-0.3, -0.25) is 9.59 Å². The average molecular weight is 440 g/mol. The third kappa shape index (κ3) is 5.39. The fourth-order valence-electron chi connectivity index (χ4n) is 2.95. The Morgan fingerprint density at radius 2 is 1.55 bits per heavy atom. The number of Topliss-reactive ketones (excluding diaryl/α,β-unsaturated/α-hetero) is 1. The number of alkyl halides is 6. The number of aromatic nitrogens is 2. The van der Waals surface area contributed by atoms with E-state index in [-0.39, 0.29) is 5.82 Å². The molecule has 0 aliphatic carbocycles. The van der Waals surface area contributed by atoms with Gasteiger partial charge < -0.3 is 4.98 Å². The van der Waals surface area contributed by atoms with Crippen molar-refractivity contribution >= 4 is 5.78 Å². The molecule has 10 heteroatoms. The van der Waals surface area contributed by atoms with E-state index in [1.807, 2.05) is 0 Å². The van der Waals surface area contributed by atoms with Crippen LogP contribution in [0.25, 0.3) is 11.4 Å². The number of carbonyl (C=O) groups is 1. The Bertz CT molecular complexity index is 1120. The summed E-state index contributed by atoms with van der Waals surface area (Å²) in [7, 11) is 0. The highest BCUT2D eigenvalue weighted by Gasteiger charge is 2.42. The lowest BCUT2D eigenvalue weighted by Crippen LogP contribution is -2.25. The largest absolute Gasteiger partial charge is 0.416 e. The molecule has 3 aromatic rings. The first-order valence-corrected chi connectivity index (χ1v) is 8.89. The van der Waals surface area contributed by atoms with Crippen LogP contribution in [0, 0.1) is 0 Å². The normalized spacial score (nSPS) is 13.1. The van der Waals surface area contributed by atoms with Crippen LogP contribution in [0.15, 0.2) is 65.5 Å². The number of nitrogens with one attached hydrogen (secondary N) is 1. The number of carbonyl (C=O) groups excluding carboxylic acids is 1. The van der Waals surface area contributed by atoms with E-state index >= 15 is 0 Å². The van der Waals surface area contributed by atoms with E-state index in [1.165, 1.54) is 0 Å². The molecule has 3 rings (SSSR count). The molecular formula is C21H14F6N2O2. The molecule has 31 heavy (non-hydrogen) atoms. The predicted octanol–water partition coefficient (Wildman–Crippen LogP) is 5.37. The summed E-state index contributed by atoms with van der Waals surface area (Å²) in [4.78, 5) is 30.8. The SMILES string of the molecule is O=C(CC(c1ccc(C(F)(F)F)cc1)C(F)(F)F)c1cc(=O)[nH]c(-c2ccccc2)n1. The summed E-state index contributed by atoms with van der Waals surface area (Å²) in [6, 6.07) is 11.4. The van der Waals surface area contributed by atoms with E-state index in [4.69, 9.17) is 0 Å².